The standard InChI is InChI=1S/C21H21FN4O3S/c1-4-11-26-20(14-9-10-17(28-2)18(12-14)29-3)24-25-21(26)30-13-19(27)23-16-8-6-5-7-15(16)22/h4-10,12H,1,11,13H2,2-3H3,(H,23,27). The van der Waals surface area contributed by atoms with Crippen molar-refractivity contribution in [3.8, 4) is 22.9 Å². The van der Waals surface area contributed by atoms with Crippen LogP contribution in [0.3, 0.4) is 0 Å². The van der Waals surface area contributed by atoms with Crippen LogP contribution in [-0.2, 0) is 11.3 Å². The van der Waals surface area contributed by atoms with Gasteiger partial charge in [-0.05, 0) is 30.3 Å². The quantitative estimate of drug-likeness (QED) is 0.410. The molecule has 2 aromatic carbocycles. The van der Waals surface area contributed by atoms with Gasteiger partial charge in [-0.3, -0.25) is 9.36 Å². The van der Waals surface area contributed by atoms with Gasteiger partial charge >= 0.3 is 0 Å². The first kappa shape index (κ1) is 21.4. The van der Waals surface area contributed by atoms with E-state index in [1.54, 1.807) is 38.5 Å². The van der Waals surface area contributed by atoms with E-state index in [-0.39, 0.29) is 17.3 Å². The Kier molecular flexibility index (Phi) is 7.08. The van der Waals surface area contributed by atoms with Gasteiger partial charge in [0.15, 0.2) is 22.5 Å². The summed E-state index contributed by atoms with van der Waals surface area (Å²) >= 11 is 1.20. The number of amides is 1. The molecule has 0 atom stereocenters. The largest absolute Gasteiger partial charge is 0.493 e. The Morgan fingerprint density at radius 2 is 1.97 bits per heavy atom. The number of aromatic nitrogens is 3. The summed E-state index contributed by atoms with van der Waals surface area (Å²) in [5.74, 6) is 1.01. The molecule has 0 radical (unpaired) electrons. The zero-order chi connectivity index (χ0) is 21.5. The first-order valence-corrected chi connectivity index (χ1v) is 9.99. The van der Waals surface area contributed by atoms with Crippen molar-refractivity contribution in [3.63, 3.8) is 0 Å². The molecular formula is C21H21FN4O3S. The molecule has 0 bridgehead atoms. The van der Waals surface area contributed by atoms with E-state index in [1.165, 1.54) is 23.9 Å². The summed E-state index contributed by atoms with van der Waals surface area (Å²) in [7, 11) is 3.13. The van der Waals surface area contributed by atoms with Gasteiger partial charge in [0.25, 0.3) is 0 Å². The number of hydrogen-bond acceptors (Lipinski definition) is 6. The lowest BCUT2D eigenvalue weighted by Gasteiger charge is -2.11. The minimum atomic E-state index is -0.485. The zero-order valence-corrected chi connectivity index (χ0v) is 17.4. The lowest BCUT2D eigenvalue weighted by molar-refractivity contribution is -0.113. The minimum Gasteiger partial charge on any atom is -0.493 e. The summed E-state index contributed by atoms with van der Waals surface area (Å²) in [6.07, 6.45) is 1.72. The molecule has 30 heavy (non-hydrogen) atoms. The molecule has 0 aliphatic carbocycles. The molecule has 3 aromatic rings. The predicted molar refractivity (Wildman–Crippen MR) is 115 cm³/mol. The molecule has 1 heterocycles. The number of ether oxygens (including phenoxy) is 2. The predicted octanol–water partition coefficient (Wildman–Crippen LogP) is 4.02. The maximum atomic E-state index is 13.7. The highest BCUT2D eigenvalue weighted by Gasteiger charge is 2.17. The summed E-state index contributed by atoms with van der Waals surface area (Å²) < 4.78 is 26.2. The molecule has 156 valence electrons. The third kappa shape index (κ3) is 4.80. The van der Waals surface area contributed by atoms with E-state index in [0.29, 0.717) is 29.0 Å². The zero-order valence-electron chi connectivity index (χ0n) is 16.6. The first-order chi connectivity index (χ1) is 14.6. The second kappa shape index (κ2) is 9.93. The molecule has 1 aromatic heterocycles. The number of carbonyl (C=O) groups is 1. The van der Waals surface area contributed by atoms with Crippen LogP contribution in [0.5, 0.6) is 11.5 Å². The minimum absolute atomic E-state index is 0.0511. The monoisotopic (exact) mass is 428 g/mol. The highest BCUT2D eigenvalue weighted by atomic mass is 32.2. The molecule has 0 unspecified atom stereocenters. The average molecular weight is 428 g/mol. The fourth-order valence-electron chi connectivity index (χ4n) is 2.76. The fraction of sp³-hybridized carbons (Fsp3) is 0.190. The molecule has 0 fully saturated rings. The van der Waals surface area contributed by atoms with E-state index >= 15 is 0 Å². The van der Waals surface area contributed by atoms with Gasteiger partial charge in [0, 0.05) is 12.1 Å². The van der Waals surface area contributed by atoms with Crippen molar-refractivity contribution < 1.29 is 18.7 Å². The molecule has 0 spiro atoms. The molecule has 0 saturated heterocycles. The van der Waals surface area contributed by atoms with Crippen molar-refractivity contribution in [3.05, 3.63) is 60.9 Å². The van der Waals surface area contributed by atoms with Crippen LogP contribution in [0.25, 0.3) is 11.4 Å². The smallest absolute Gasteiger partial charge is 0.234 e. The number of halogens is 1. The number of nitrogens with zero attached hydrogens (tertiary/aromatic N) is 3. The highest BCUT2D eigenvalue weighted by molar-refractivity contribution is 7.99. The second-order valence-electron chi connectivity index (χ2n) is 6.09. The fourth-order valence-corrected chi connectivity index (χ4v) is 3.50. The van der Waals surface area contributed by atoms with Gasteiger partial charge in [-0.15, -0.1) is 16.8 Å². The van der Waals surface area contributed by atoms with E-state index in [4.69, 9.17) is 9.47 Å². The van der Waals surface area contributed by atoms with Crippen molar-refractivity contribution in [2.24, 2.45) is 0 Å². The topological polar surface area (TPSA) is 78.3 Å². The van der Waals surface area contributed by atoms with Gasteiger partial charge in [0.05, 0.1) is 25.7 Å². The summed E-state index contributed by atoms with van der Waals surface area (Å²) in [4.78, 5) is 12.2. The van der Waals surface area contributed by atoms with Crippen LogP contribution < -0.4 is 14.8 Å². The normalized spacial score (nSPS) is 10.5. The van der Waals surface area contributed by atoms with Gasteiger partial charge in [0.2, 0.25) is 5.91 Å². The van der Waals surface area contributed by atoms with Gasteiger partial charge in [-0.25, -0.2) is 4.39 Å². The summed E-state index contributed by atoms with van der Waals surface area (Å²) in [6, 6.07) is 11.5. The van der Waals surface area contributed by atoms with Gasteiger partial charge in [0.1, 0.15) is 5.82 Å². The molecule has 9 heteroatoms. The number of rotatable bonds is 9. The molecule has 3 rings (SSSR count). The van der Waals surface area contributed by atoms with E-state index in [2.05, 4.69) is 22.1 Å². The third-order valence-electron chi connectivity index (χ3n) is 4.15. The first-order valence-electron chi connectivity index (χ1n) is 9.01. The molecule has 0 aliphatic heterocycles. The Morgan fingerprint density at radius 3 is 2.67 bits per heavy atom. The number of benzene rings is 2. The van der Waals surface area contributed by atoms with Crippen LogP contribution in [0.1, 0.15) is 0 Å². The third-order valence-corrected chi connectivity index (χ3v) is 5.12. The van der Waals surface area contributed by atoms with Crippen LogP contribution >= 0.6 is 11.8 Å². The Hall–Kier alpha value is -3.33. The van der Waals surface area contributed by atoms with Gasteiger partial charge < -0.3 is 14.8 Å². The van der Waals surface area contributed by atoms with E-state index in [0.717, 1.165) is 5.56 Å². The van der Waals surface area contributed by atoms with Crippen LogP contribution in [0, 0.1) is 5.82 Å². The van der Waals surface area contributed by atoms with Crippen molar-refractivity contribution in [1.82, 2.24) is 14.8 Å². The van der Waals surface area contributed by atoms with E-state index in [9.17, 15) is 9.18 Å². The number of thioether (sulfide) groups is 1. The van der Waals surface area contributed by atoms with E-state index in [1.807, 2.05) is 16.7 Å². The Labute approximate surface area is 177 Å². The van der Waals surface area contributed by atoms with Crippen LogP contribution in [0.2, 0.25) is 0 Å². The number of anilines is 1. The SMILES string of the molecule is C=CCn1c(SCC(=O)Nc2ccccc2F)nnc1-c1ccc(OC)c(OC)c1. The lowest BCUT2D eigenvalue weighted by Crippen LogP contribution is -2.15. The van der Waals surface area contributed by atoms with Crippen LogP contribution in [-0.4, -0.2) is 40.6 Å². The van der Waals surface area contributed by atoms with Gasteiger partial charge in [-0.2, -0.15) is 0 Å². The number of allylic oxidation sites excluding steroid dienone is 1. The molecule has 7 nitrogen and oxygen atoms in total. The number of para-hydroxylation sites is 1. The van der Waals surface area contributed by atoms with Crippen molar-refractivity contribution >= 4 is 23.4 Å². The maximum Gasteiger partial charge on any atom is 0.234 e. The van der Waals surface area contributed by atoms with Crippen molar-refractivity contribution in [1.29, 1.82) is 0 Å². The number of nitrogens with one attached hydrogen (secondary N) is 1. The summed E-state index contributed by atoms with van der Waals surface area (Å²) in [5.41, 5.74) is 0.923. The summed E-state index contributed by atoms with van der Waals surface area (Å²) in [5, 5.41) is 11.6. The second-order valence-corrected chi connectivity index (χ2v) is 7.03. The number of methoxy groups -OCH3 is 2. The summed E-state index contributed by atoms with van der Waals surface area (Å²) in [6.45, 7) is 4.23. The molecule has 0 aliphatic rings. The molecule has 1 amide bonds. The highest BCUT2D eigenvalue weighted by Crippen LogP contribution is 2.33. The molecular weight excluding hydrogens is 407 g/mol. The van der Waals surface area contributed by atoms with Crippen LogP contribution in [0.4, 0.5) is 10.1 Å². The van der Waals surface area contributed by atoms with Gasteiger partial charge in [-0.1, -0.05) is 30.0 Å². The number of hydrogen-bond donors (Lipinski definition) is 1. The van der Waals surface area contributed by atoms with Crippen molar-refractivity contribution in [2.45, 2.75) is 11.7 Å². The number of carbonyl (C=O) groups excluding carboxylic acids is 1. The lowest BCUT2D eigenvalue weighted by atomic mass is 10.2. The average Bonchev–Trinajstić information content (AvgIpc) is 3.16. The van der Waals surface area contributed by atoms with Crippen LogP contribution in [0.15, 0.2) is 60.3 Å². The Balaban J connectivity index is 1.78. The van der Waals surface area contributed by atoms with Crippen molar-refractivity contribution in [2.75, 3.05) is 25.3 Å². The molecule has 1 N–H and O–H groups in total. The Bertz CT molecular complexity index is 1050. The van der Waals surface area contributed by atoms with E-state index < -0.39 is 5.82 Å². The molecule has 0 saturated carbocycles. The Morgan fingerprint density at radius 1 is 1.20 bits per heavy atom. The maximum absolute atomic E-state index is 13.7.